The lowest BCUT2D eigenvalue weighted by Gasteiger charge is -2.34. The molecule has 2 N–H and O–H groups in total. The van der Waals surface area contributed by atoms with Crippen LogP contribution in [0.3, 0.4) is 0 Å². The van der Waals surface area contributed by atoms with Gasteiger partial charge < -0.3 is 15.3 Å². The summed E-state index contributed by atoms with van der Waals surface area (Å²) in [4.78, 5) is 11.9. The normalized spacial score (nSPS) is 20.1. The van der Waals surface area contributed by atoms with Crippen molar-refractivity contribution in [2.45, 2.75) is 44.7 Å². The summed E-state index contributed by atoms with van der Waals surface area (Å²) in [5.74, 6) is 1.28. The highest BCUT2D eigenvalue weighted by Gasteiger charge is 2.33. The highest BCUT2D eigenvalue weighted by molar-refractivity contribution is 6.01. The molecule has 3 heterocycles. The highest BCUT2D eigenvalue weighted by Crippen LogP contribution is 2.38. The largest absolute Gasteiger partial charge is 0.508 e. The number of halogens is 1. The van der Waals surface area contributed by atoms with Crippen LogP contribution in [0, 0.1) is 5.82 Å². The SMILES string of the molecule is CCCc1nc(N2CC3CCC(C2)N3)c2ccc(-c3cc(O)cc4ccccc34)c(F)c2n1. The first kappa shape index (κ1) is 20.4. The van der Waals surface area contributed by atoms with E-state index in [0.29, 0.717) is 41.0 Å². The highest BCUT2D eigenvalue weighted by atomic mass is 19.1. The summed E-state index contributed by atoms with van der Waals surface area (Å²) in [5, 5.41) is 16.5. The Morgan fingerprint density at radius 2 is 1.79 bits per heavy atom. The first-order chi connectivity index (χ1) is 16.1. The molecule has 0 spiro atoms. The van der Waals surface area contributed by atoms with Gasteiger partial charge in [0.25, 0.3) is 0 Å². The minimum absolute atomic E-state index is 0.120. The molecule has 2 aliphatic heterocycles. The van der Waals surface area contributed by atoms with Gasteiger partial charge in [-0.25, -0.2) is 14.4 Å². The molecule has 2 aliphatic rings. The van der Waals surface area contributed by atoms with Crippen molar-refractivity contribution in [2.75, 3.05) is 18.0 Å². The predicted molar refractivity (Wildman–Crippen MR) is 130 cm³/mol. The second kappa shape index (κ2) is 7.96. The number of piperazine rings is 1. The molecule has 4 aromatic rings. The van der Waals surface area contributed by atoms with E-state index < -0.39 is 0 Å². The summed E-state index contributed by atoms with van der Waals surface area (Å²) in [5.41, 5.74) is 1.48. The number of anilines is 1. The van der Waals surface area contributed by atoms with Gasteiger partial charge in [0.2, 0.25) is 0 Å². The van der Waals surface area contributed by atoms with Crippen LogP contribution >= 0.6 is 0 Å². The summed E-state index contributed by atoms with van der Waals surface area (Å²) in [6.45, 7) is 3.85. The van der Waals surface area contributed by atoms with Gasteiger partial charge in [-0.05, 0) is 53.8 Å². The van der Waals surface area contributed by atoms with Gasteiger partial charge in [0, 0.05) is 42.5 Å². The second-order valence-corrected chi connectivity index (χ2v) is 9.29. The zero-order chi connectivity index (χ0) is 22.5. The Bertz CT molecular complexity index is 1360. The lowest BCUT2D eigenvalue weighted by atomic mass is 9.96. The van der Waals surface area contributed by atoms with Crippen LogP contribution in [0.25, 0.3) is 32.8 Å². The van der Waals surface area contributed by atoms with Crippen molar-refractivity contribution >= 4 is 27.5 Å². The molecule has 3 aromatic carbocycles. The number of fused-ring (bicyclic) bond motifs is 4. The fourth-order valence-electron chi connectivity index (χ4n) is 5.46. The van der Waals surface area contributed by atoms with Gasteiger partial charge in [0.15, 0.2) is 5.82 Å². The molecule has 2 bridgehead atoms. The summed E-state index contributed by atoms with van der Waals surface area (Å²) in [6, 6.07) is 15.8. The minimum Gasteiger partial charge on any atom is -0.508 e. The Kier molecular flexibility index (Phi) is 4.91. The number of phenolic OH excluding ortho intramolecular Hbond substituents is 1. The molecule has 0 aliphatic carbocycles. The Balaban J connectivity index is 1.55. The fourth-order valence-corrected chi connectivity index (χ4v) is 5.46. The Morgan fingerprint density at radius 3 is 2.58 bits per heavy atom. The van der Waals surface area contributed by atoms with E-state index in [1.807, 2.05) is 36.4 Å². The third kappa shape index (κ3) is 3.49. The number of aromatic nitrogens is 2. The van der Waals surface area contributed by atoms with Gasteiger partial charge in [0.05, 0.1) is 0 Å². The van der Waals surface area contributed by atoms with Crippen molar-refractivity contribution in [3.8, 4) is 16.9 Å². The zero-order valence-electron chi connectivity index (χ0n) is 18.7. The maximum Gasteiger partial charge on any atom is 0.157 e. The number of hydrogen-bond acceptors (Lipinski definition) is 5. The van der Waals surface area contributed by atoms with E-state index >= 15 is 4.39 Å². The lowest BCUT2D eigenvalue weighted by molar-refractivity contribution is 0.464. The second-order valence-electron chi connectivity index (χ2n) is 9.29. The van der Waals surface area contributed by atoms with E-state index in [-0.39, 0.29) is 11.6 Å². The third-order valence-electron chi connectivity index (χ3n) is 6.96. The van der Waals surface area contributed by atoms with Gasteiger partial charge in [-0.15, -0.1) is 0 Å². The minimum atomic E-state index is -0.359. The van der Waals surface area contributed by atoms with Crippen LogP contribution in [0.4, 0.5) is 10.2 Å². The van der Waals surface area contributed by atoms with E-state index in [1.165, 1.54) is 12.8 Å². The smallest absolute Gasteiger partial charge is 0.157 e. The Morgan fingerprint density at radius 1 is 1.00 bits per heavy atom. The first-order valence-corrected chi connectivity index (χ1v) is 11.8. The van der Waals surface area contributed by atoms with Crippen LogP contribution in [0.1, 0.15) is 32.0 Å². The van der Waals surface area contributed by atoms with Crippen LogP contribution < -0.4 is 10.2 Å². The summed E-state index contributed by atoms with van der Waals surface area (Å²) in [7, 11) is 0. The maximum absolute atomic E-state index is 16.1. The van der Waals surface area contributed by atoms with E-state index in [1.54, 1.807) is 12.1 Å². The number of phenols is 1. The molecule has 168 valence electrons. The molecule has 1 aromatic heterocycles. The number of nitrogens with one attached hydrogen (secondary N) is 1. The van der Waals surface area contributed by atoms with Gasteiger partial charge >= 0.3 is 0 Å². The van der Waals surface area contributed by atoms with Crippen LogP contribution in [0.2, 0.25) is 0 Å². The summed E-state index contributed by atoms with van der Waals surface area (Å²) < 4.78 is 16.1. The van der Waals surface area contributed by atoms with Crippen LogP contribution in [0.15, 0.2) is 48.5 Å². The van der Waals surface area contributed by atoms with E-state index in [2.05, 4.69) is 22.1 Å². The number of benzene rings is 3. The van der Waals surface area contributed by atoms with E-state index in [9.17, 15) is 5.11 Å². The molecule has 2 fully saturated rings. The van der Waals surface area contributed by atoms with Gasteiger partial charge in [-0.1, -0.05) is 37.3 Å². The van der Waals surface area contributed by atoms with Crippen molar-refractivity contribution < 1.29 is 9.50 Å². The third-order valence-corrected chi connectivity index (χ3v) is 6.96. The standard InChI is InChI=1S/C27H27FN4O/c1-2-5-24-30-26-22(27(31-24)32-14-17-8-9-18(15-32)29-17)11-10-21(25(26)28)23-13-19(33)12-16-6-3-4-7-20(16)23/h3-4,6-7,10-13,17-18,29,33H,2,5,8-9,14-15H2,1H3. The number of aromatic hydroxyl groups is 1. The number of nitrogens with zero attached hydrogens (tertiary/aromatic N) is 3. The quantitative estimate of drug-likeness (QED) is 0.456. The molecule has 6 rings (SSSR count). The summed E-state index contributed by atoms with van der Waals surface area (Å²) >= 11 is 0. The molecule has 2 unspecified atom stereocenters. The van der Waals surface area contributed by atoms with E-state index in [0.717, 1.165) is 41.5 Å². The van der Waals surface area contributed by atoms with Crippen LogP contribution in [-0.2, 0) is 6.42 Å². The van der Waals surface area contributed by atoms with Crippen LogP contribution in [-0.4, -0.2) is 40.2 Å². The number of aryl methyl sites for hydroxylation is 1. The van der Waals surface area contributed by atoms with Crippen molar-refractivity contribution in [3.05, 3.63) is 60.2 Å². The molecular weight excluding hydrogens is 415 g/mol. The van der Waals surface area contributed by atoms with Gasteiger partial charge in [-0.3, -0.25) is 0 Å². The molecule has 0 amide bonds. The maximum atomic E-state index is 16.1. The van der Waals surface area contributed by atoms with Crippen LogP contribution in [0.5, 0.6) is 5.75 Å². The van der Waals surface area contributed by atoms with Gasteiger partial charge in [0.1, 0.15) is 22.9 Å². The predicted octanol–water partition coefficient (Wildman–Crippen LogP) is 5.19. The lowest BCUT2D eigenvalue weighted by Crippen LogP contribution is -2.51. The van der Waals surface area contributed by atoms with Crippen molar-refractivity contribution in [2.24, 2.45) is 0 Å². The first-order valence-electron chi connectivity index (χ1n) is 11.8. The van der Waals surface area contributed by atoms with Gasteiger partial charge in [-0.2, -0.15) is 0 Å². The van der Waals surface area contributed by atoms with Crippen molar-refractivity contribution in [1.82, 2.24) is 15.3 Å². The Hall–Kier alpha value is -3.25. The molecule has 5 nitrogen and oxygen atoms in total. The molecular formula is C27H27FN4O. The number of rotatable bonds is 4. The molecule has 2 saturated heterocycles. The molecule has 6 heteroatoms. The Labute approximate surface area is 192 Å². The number of hydrogen-bond donors (Lipinski definition) is 2. The van der Waals surface area contributed by atoms with E-state index in [4.69, 9.17) is 4.98 Å². The molecule has 0 saturated carbocycles. The fraction of sp³-hybridized carbons (Fsp3) is 0.333. The average molecular weight is 443 g/mol. The van der Waals surface area contributed by atoms with Crippen molar-refractivity contribution in [1.29, 1.82) is 0 Å². The average Bonchev–Trinajstić information content (AvgIpc) is 3.16. The molecule has 33 heavy (non-hydrogen) atoms. The molecule has 0 radical (unpaired) electrons. The molecule has 2 atom stereocenters. The zero-order valence-corrected chi connectivity index (χ0v) is 18.7. The monoisotopic (exact) mass is 442 g/mol. The summed E-state index contributed by atoms with van der Waals surface area (Å²) in [6.07, 6.45) is 3.96. The topological polar surface area (TPSA) is 61.3 Å². The van der Waals surface area contributed by atoms with Crippen molar-refractivity contribution in [3.63, 3.8) is 0 Å².